The smallest absolute Gasteiger partial charge is 0.0582 e. The van der Waals surface area contributed by atoms with E-state index in [4.69, 9.17) is 5.11 Å². The van der Waals surface area contributed by atoms with Gasteiger partial charge in [0, 0.05) is 12.1 Å². The van der Waals surface area contributed by atoms with Crippen molar-refractivity contribution < 1.29 is 5.11 Å². The summed E-state index contributed by atoms with van der Waals surface area (Å²) in [6, 6.07) is 0.915. The number of aliphatic hydroxyl groups is 1. The van der Waals surface area contributed by atoms with Crippen LogP contribution in [0.2, 0.25) is 0 Å². The van der Waals surface area contributed by atoms with Gasteiger partial charge in [-0.25, -0.2) is 0 Å². The highest BCUT2D eigenvalue weighted by Gasteiger charge is 2.23. The molecule has 66 valence electrons. The number of hydrogen-bond acceptors (Lipinski definition) is 2. The van der Waals surface area contributed by atoms with Gasteiger partial charge in [-0.1, -0.05) is 13.3 Å². The van der Waals surface area contributed by atoms with Crippen LogP contribution in [0, 0.1) is 5.92 Å². The van der Waals surface area contributed by atoms with E-state index >= 15 is 0 Å². The molecule has 0 aromatic rings. The van der Waals surface area contributed by atoms with Gasteiger partial charge < -0.3 is 10.4 Å². The monoisotopic (exact) mass is 157 g/mol. The molecule has 1 aliphatic carbocycles. The van der Waals surface area contributed by atoms with Crippen molar-refractivity contribution in [3.63, 3.8) is 0 Å². The predicted octanol–water partition coefficient (Wildman–Crippen LogP) is 1.15. The molecule has 0 aliphatic heterocycles. The molecule has 1 fully saturated rings. The van der Waals surface area contributed by atoms with E-state index in [-0.39, 0.29) is 12.6 Å². The van der Waals surface area contributed by atoms with E-state index in [0.717, 1.165) is 5.92 Å². The third-order valence-electron chi connectivity index (χ3n) is 2.63. The van der Waals surface area contributed by atoms with Crippen LogP contribution in [0.15, 0.2) is 0 Å². The first kappa shape index (κ1) is 9.01. The maximum Gasteiger partial charge on any atom is 0.0582 e. The zero-order valence-corrected chi connectivity index (χ0v) is 7.51. The molecule has 0 bridgehead atoms. The van der Waals surface area contributed by atoms with Crippen molar-refractivity contribution in [1.82, 2.24) is 5.32 Å². The lowest BCUT2D eigenvalue weighted by Crippen LogP contribution is -2.39. The fourth-order valence-corrected chi connectivity index (χ4v) is 1.81. The van der Waals surface area contributed by atoms with Gasteiger partial charge in [0.2, 0.25) is 0 Å². The number of hydrogen-bond donors (Lipinski definition) is 2. The fraction of sp³-hybridized carbons (Fsp3) is 1.00. The fourth-order valence-electron chi connectivity index (χ4n) is 1.81. The van der Waals surface area contributed by atoms with Crippen molar-refractivity contribution in [2.45, 2.75) is 45.2 Å². The van der Waals surface area contributed by atoms with Gasteiger partial charge in [0.15, 0.2) is 0 Å². The summed E-state index contributed by atoms with van der Waals surface area (Å²) in [7, 11) is 0. The van der Waals surface area contributed by atoms with Crippen LogP contribution in [-0.4, -0.2) is 23.8 Å². The second kappa shape index (κ2) is 4.07. The summed E-state index contributed by atoms with van der Waals surface area (Å²) >= 11 is 0. The van der Waals surface area contributed by atoms with Crippen LogP contribution < -0.4 is 5.32 Å². The van der Waals surface area contributed by atoms with Gasteiger partial charge in [0.05, 0.1) is 6.61 Å². The molecule has 1 aliphatic rings. The van der Waals surface area contributed by atoms with Gasteiger partial charge in [-0.15, -0.1) is 0 Å². The molecule has 0 radical (unpaired) electrons. The highest BCUT2D eigenvalue weighted by atomic mass is 16.3. The molecule has 2 N–H and O–H groups in total. The molecule has 0 heterocycles. The predicted molar refractivity (Wildman–Crippen MR) is 46.5 cm³/mol. The molecule has 1 saturated carbocycles. The Labute approximate surface area is 69.0 Å². The zero-order valence-electron chi connectivity index (χ0n) is 7.51. The second-order valence-corrected chi connectivity index (χ2v) is 3.76. The standard InChI is InChI=1S/C9H19NO/c1-7-4-3-5-9(7)10-8(2)6-11/h7-11H,3-6H2,1-2H3/t7-,8-,9-/m1/s1. The molecule has 2 nitrogen and oxygen atoms in total. The minimum atomic E-state index is 0.253. The lowest BCUT2D eigenvalue weighted by atomic mass is 10.1. The Kier molecular flexibility index (Phi) is 3.34. The van der Waals surface area contributed by atoms with Crippen LogP contribution in [0.25, 0.3) is 0 Å². The van der Waals surface area contributed by atoms with Crippen molar-refractivity contribution in [1.29, 1.82) is 0 Å². The van der Waals surface area contributed by atoms with Gasteiger partial charge in [0.25, 0.3) is 0 Å². The van der Waals surface area contributed by atoms with Gasteiger partial charge in [-0.3, -0.25) is 0 Å². The van der Waals surface area contributed by atoms with Crippen LogP contribution in [0.1, 0.15) is 33.1 Å². The minimum Gasteiger partial charge on any atom is -0.395 e. The Morgan fingerprint density at radius 1 is 1.55 bits per heavy atom. The molecule has 0 aromatic carbocycles. The normalized spacial score (nSPS) is 34.1. The van der Waals surface area contributed by atoms with Crippen molar-refractivity contribution in [2.24, 2.45) is 5.92 Å². The van der Waals surface area contributed by atoms with E-state index in [2.05, 4.69) is 12.2 Å². The van der Waals surface area contributed by atoms with E-state index in [1.54, 1.807) is 0 Å². The van der Waals surface area contributed by atoms with Crippen molar-refractivity contribution in [3.8, 4) is 0 Å². The van der Waals surface area contributed by atoms with Gasteiger partial charge in [-0.2, -0.15) is 0 Å². The summed E-state index contributed by atoms with van der Waals surface area (Å²) in [6.07, 6.45) is 3.97. The Bertz CT molecular complexity index is 116. The first-order valence-electron chi connectivity index (χ1n) is 4.61. The molecule has 0 aromatic heterocycles. The summed E-state index contributed by atoms with van der Waals surface area (Å²) in [5.41, 5.74) is 0. The molecular formula is C9H19NO. The largest absolute Gasteiger partial charge is 0.395 e. The quantitative estimate of drug-likeness (QED) is 0.644. The molecular weight excluding hydrogens is 138 g/mol. The van der Waals surface area contributed by atoms with Crippen LogP contribution in [-0.2, 0) is 0 Å². The Morgan fingerprint density at radius 2 is 2.27 bits per heavy atom. The van der Waals surface area contributed by atoms with Crippen molar-refractivity contribution in [2.75, 3.05) is 6.61 Å². The average Bonchev–Trinajstić information content (AvgIpc) is 2.37. The molecule has 3 atom stereocenters. The maximum atomic E-state index is 8.82. The Hall–Kier alpha value is -0.0800. The molecule has 0 saturated heterocycles. The molecule has 1 rings (SSSR count). The lowest BCUT2D eigenvalue weighted by molar-refractivity contribution is 0.232. The minimum absolute atomic E-state index is 0.253. The van der Waals surface area contributed by atoms with Crippen LogP contribution in [0.4, 0.5) is 0 Å². The first-order chi connectivity index (χ1) is 5.24. The highest BCUT2D eigenvalue weighted by Crippen LogP contribution is 2.24. The van der Waals surface area contributed by atoms with E-state index in [1.165, 1.54) is 19.3 Å². The summed E-state index contributed by atoms with van der Waals surface area (Å²) < 4.78 is 0. The van der Waals surface area contributed by atoms with Gasteiger partial charge in [0.1, 0.15) is 0 Å². The van der Waals surface area contributed by atoms with Crippen LogP contribution in [0.3, 0.4) is 0 Å². The molecule has 11 heavy (non-hydrogen) atoms. The third kappa shape index (κ3) is 2.46. The highest BCUT2D eigenvalue weighted by molar-refractivity contribution is 4.81. The van der Waals surface area contributed by atoms with Crippen molar-refractivity contribution in [3.05, 3.63) is 0 Å². The molecule has 0 unspecified atom stereocenters. The maximum absolute atomic E-state index is 8.82. The van der Waals surface area contributed by atoms with E-state index in [0.29, 0.717) is 6.04 Å². The van der Waals surface area contributed by atoms with E-state index in [1.807, 2.05) is 6.92 Å². The Morgan fingerprint density at radius 3 is 2.73 bits per heavy atom. The summed E-state index contributed by atoms with van der Waals surface area (Å²) in [6.45, 7) is 4.57. The van der Waals surface area contributed by atoms with E-state index in [9.17, 15) is 0 Å². The lowest BCUT2D eigenvalue weighted by Gasteiger charge is -2.21. The Balaban J connectivity index is 2.24. The van der Waals surface area contributed by atoms with E-state index < -0.39 is 0 Å². The zero-order chi connectivity index (χ0) is 8.27. The van der Waals surface area contributed by atoms with Gasteiger partial charge in [-0.05, 0) is 25.7 Å². The SMILES string of the molecule is C[C@H](CO)N[C@@H]1CCC[C@H]1C. The van der Waals surface area contributed by atoms with Crippen LogP contribution in [0.5, 0.6) is 0 Å². The number of aliphatic hydroxyl groups excluding tert-OH is 1. The summed E-state index contributed by atoms with van der Waals surface area (Å²) in [4.78, 5) is 0. The topological polar surface area (TPSA) is 32.3 Å². The molecule has 0 spiro atoms. The van der Waals surface area contributed by atoms with Gasteiger partial charge >= 0.3 is 0 Å². The van der Waals surface area contributed by atoms with Crippen LogP contribution >= 0.6 is 0 Å². The van der Waals surface area contributed by atoms with Crippen molar-refractivity contribution >= 4 is 0 Å². The number of nitrogens with one attached hydrogen (secondary N) is 1. The second-order valence-electron chi connectivity index (χ2n) is 3.76. The summed E-state index contributed by atoms with van der Waals surface area (Å²) in [5.74, 6) is 0.795. The number of rotatable bonds is 3. The first-order valence-corrected chi connectivity index (χ1v) is 4.61. The summed E-state index contributed by atoms with van der Waals surface area (Å²) in [5, 5.41) is 12.2. The third-order valence-corrected chi connectivity index (χ3v) is 2.63. The molecule has 2 heteroatoms. The molecule has 0 amide bonds. The average molecular weight is 157 g/mol.